The number of hydrogen-bond acceptors (Lipinski definition) is 1. The van der Waals surface area contributed by atoms with Crippen molar-refractivity contribution in [2.45, 2.75) is 11.2 Å². The van der Waals surface area contributed by atoms with Crippen LogP contribution >= 0.6 is 27.5 Å². The smallest absolute Gasteiger partial charge is 0.142 e. The predicted molar refractivity (Wildman–Crippen MR) is 71.0 cm³/mol. The van der Waals surface area contributed by atoms with Gasteiger partial charge in [-0.15, -0.1) is 0 Å². The van der Waals surface area contributed by atoms with Gasteiger partial charge in [0.15, 0.2) is 0 Å². The normalized spacial score (nSPS) is 12.4. The van der Waals surface area contributed by atoms with Crippen molar-refractivity contribution < 1.29 is 8.78 Å². The lowest BCUT2D eigenvalue weighted by molar-refractivity contribution is 0.583. The van der Waals surface area contributed by atoms with Crippen molar-refractivity contribution in [3.63, 3.8) is 0 Å². The summed E-state index contributed by atoms with van der Waals surface area (Å²) in [5.74, 6) is -1.15. The van der Waals surface area contributed by atoms with E-state index in [2.05, 4.69) is 20.9 Å². The molecule has 0 N–H and O–H groups in total. The largest absolute Gasteiger partial charge is 0.261 e. The average molecular weight is 333 g/mol. The summed E-state index contributed by atoms with van der Waals surface area (Å²) < 4.78 is 27.0. The van der Waals surface area contributed by atoms with E-state index in [-0.39, 0.29) is 15.4 Å². The third kappa shape index (κ3) is 3.06. The van der Waals surface area contributed by atoms with Crippen LogP contribution in [0.4, 0.5) is 8.78 Å². The van der Waals surface area contributed by atoms with Gasteiger partial charge in [0, 0.05) is 28.7 Å². The van der Waals surface area contributed by atoms with Crippen molar-refractivity contribution in [2.75, 3.05) is 0 Å². The highest BCUT2D eigenvalue weighted by molar-refractivity contribution is 9.09. The predicted octanol–water partition coefficient (Wildman–Crippen LogP) is 4.69. The Kier molecular flexibility index (Phi) is 4.30. The molecule has 1 nitrogen and oxygen atoms in total. The number of halogens is 4. The molecule has 0 spiro atoms. The zero-order valence-electron chi connectivity index (χ0n) is 9.21. The van der Waals surface area contributed by atoms with Crippen LogP contribution in [0.1, 0.15) is 16.1 Å². The first-order chi connectivity index (χ1) is 8.58. The molecule has 1 atom stereocenters. The Morgan fingerprint density at radius 3 is 2.67 bits per heavy atom. The van der Waals surface area contributed by atoms with Crippen LogP contribution < -0.4 is 0 Å². The monoisotopic (exact) mass is 331 g/mol. The molecule has 18 heavy (non-hydrogen) atoms. The van der Waals surface area contributed by atoms with E-state index >= 15 is 0 Å². The van der Waals surface area contributed by atoms with E-state index in [9.17, 15) is 8.78 Å². The summed E-state index contributed by atoms with van der Waals surface area (Å²) in [4.78, 5) is 3.79. The summed E-state index contributed by atoms with van der Waals surface area (Å²) in [5.41, 5.74) is 1.04. The lowest BCUT2D eigenvalue weighted by Crippen LogP contribution is -2.01. The van der Waals surface area contributed by atoms with Crippen LogP contribution in [-0.4, -0.2) is 4.98 Å². The van der Waals surface area contributed by atoms with E-state index in [1.807, 2.05) is 12.1 Å². The van der Waals surface area contributed by atoms with Crippen molar-refractivity contribution >= 4 is 27.5 Å². The molecule has 0 aliphatic rings. The Morgan fingerprint density at radius 1 is 1.22 bits per heavy atom. The first-order valence-electron chi connectivity index (χ1n) is 5.26. The van der Waals surface area contributed by atoms with Crippen LogP contribution in [0.5, 0.6) is 0 Å². The maximum Gasteiger partial charge on any atom is 0.142 e. The lowest BCUT2D eigenvalue weighted by Gasteiger charge is -2.11. The van der Waals surface area contributed by atoms with Crippen LogP contribution in [0.15, 0.2) is 36.5 Å². The molecule has 1 heterocycles. The second kappa shape index (κ2) is 5.76. The molecular weight excluding hydrogens is 324 g/mol. The minimum atomic E-state index is -0.626. The van der Waals surface area contributed by atoms with Gasteiger partial charge < -0.3 is 0 Å². The third-order valence-corrected chi connectivity index (χ3v) is 3.60. The van der Waals surface area contributed by atoms with Crippen LogP contribution in [-0.2, 0) is 6.42 Å². The Morgan fingerprint density at radius 2 is 2.00 bits per heavy atom. The van der Waals surface area contributed by atoms with Crippen molar-refractivity contribution in [3.8, 4) is 0 Å². The van der Waals surface area contributed by atoms with Gasteiger partial charge in [0.05, 0.1) is 5.02 Å². The molecule has 5 heteroatoms. The van der Waals surface area contributed by atoms with Gasteiger partial charge in [-0.3, -0.25) is 4.98 Å². The first kappa shape index (κ1) is 13.4. The minimum Gasteiger partial charge on any atom is -0.261 e. The molecular formula is C13H9BrClF2N. The molecule has 1 unspecified atom stereocenters. The number of rotatable bonds is 3. The standard InChI is InChI=1S/C13H9BrClF2N/c14-10(5-8-3-1-2-4-18-8)9-6-13(17)11(15)7-12(9)16/h1-4,6-7,10H,5H2. The van der Waals surface area contributed by atoms with Crippen molar-refractivity contribution in [3.05, 3.63) is 64.4 Å². The molecule has 2 rings (SSSR count). The maximum absolute atomic E-state index is 13.7. The molecule has 0 saturated carbocycles. The molecule has 1 aromatic heterocycles. The summed E-state index contributed by atoms with van der Waals surface area (Å²) in [6, 6.07) is 7.58. The Bertz CT molecular complexity index is 548. The first-order valence-corrected chi connectivity index (χ1v) is 6.55. The topological polar surface area (TPSA) is 12.9 Å². The third-order valence-electron chi connectivity index (χ3n) is 2.49. The molecule has 0 aliphatic heterocycles. The Hall–Kier alpha value is -1.00. The maximum atomic E-state index is 13.7. The second-order valence-electron chi connectivity index (χ2n) is 3.78. The highest BCUT2D eigenvalue weighted by Crippen LogP contribution is 2.31. The van der Waals surface area contributed by atoms with Gasteiger partial charge in [0.25, 0.3) is 0 Å². The summed E-state index contributed by atoms with van der Waals surface area (Å²) in [6.07, 6.45) is 2.13. The van der Waals surface area contributed by atoms with Gasteiger partial charge in [-0.25, -0.2) is 8.78 Å². The lowest BCUT2D eigenvalue weighted by atomic mass is 10.1. The Labute approximate surface area is 117 Å². The SMILES string of the molecule is Fc1cc(C(Br)Cc2ccccn2)c(F)cc1Cl. The number of nitrogens with zero attached hydrogens (tertiary/aromatic N) is 1. The molecule has 0 amide bonds. The summed E-state index contributed by atoms with van der Waals surface area (Å²) in [5, 5.41) is -0.214. The van der Waals surface area contributed by atoms with Gasteiger partial charge in [0.1, 0.15) is 11.6 Å². The number of aromatic nitrogens is 1. The number of hydrogen-bond donors (Lipinski definition) is 0. The minimum absolute atomic E-state index is 0.214. The van der Waals surface area contributed by atoms with Crippen molar-refractivity contribution in [1.82, 2.24) is 4.98 Å². The fourth-order valence-electron chi connectivity index (χ4n) is 1.59. The van der Waals surface area contributed by atoms with Crippen LogP contribution in [0.25, 0.3) is 0 Å². The molecule has 1 aromatic carbocycles. The fraction of sp³-hybridized carbons (Fsp3) is 0.154. The molecule has 0 radical (unpaired) electrons. The fourth-order valence-corrected chi connectivity index (χ4v) is 2.42. The molecule has 0 aliphatic carbocycles. The summed E-state index contributed by atoms with van der Waals surface area (Å²) >= 11 is 8.85. The number of pyridine rings is 1. The van der Waals surface area contributed by atoms with E-state index in [0.717, 1.165) is 17.8 Å². The van der Waals surface area contributed by atoms with Gasteiger partial charge in [-0.05, 0) is 24.3 Å². The number of alkyl halides is 1. The second-order valence-corrected chi connectivity index (χ2v) is 5.29. The molecule has 0 fully saturated rings. The van der Waals surface area contributed by atoms with E-state index in [0.29, 0.717) is 6.42 Å². The van der Waals surface area contributed by atoms with Crippen LogP contribution in [0.3, 0.4) is 0 Å². The quantitative estimate of drug-likeness (QED) is 0.587. The highest BCUT2D eigenvalue weighted by Gasteiger charge is 2.16. The average Bonchev–Trinajstić information content (AvgIpc) is 2.35. The van der Waals surface area contributed by atoms with E-state index in [1.54, 1.807) is 12.3 Å². The van der Waals surface area contributed by atoms with Gasteiger partial charge in [-0.1, -0.05) is 33.6 Å². The van der Waals surface area contributed by atoms with Crippen molar-refractivity contribution in [1.29, 1.82) is 0 Å². The summed E-state index contributed by atoms with van der Waals surface area (Å²) in [7, 11) is 0. The molecule has 2 aromatic rings. The van der Waals surface area contributed by atoms with E-state index < -0.39 is 11.6 Å². The van der Waals surface area contributed by atoms with Gasteiger partial charge in [0.2, 0.25) is 0 Å². The number of benzene rings is 1. The van der Waals surface area contributed by atoms with Crippen molar-refractivity contribution in [2.24, 2.45) is 0 Å². The summed E-state index contributed by atoms with van der Waals surface area (Å²) in [6.45, 7) is 0. The van der Waals surface area contributed by atoms with Gasteiger partial charge in [-0.2, -0.15) is 0 Å². The molecule has 0 saturated heterocycles. The zero-order chi connectivity index (χ0) is 13.1. The van der Waals surface area contributed by atoms with Crippen LogP contribution in [0.2, 0.25) is 5.02 Å². The molecule has 0 bridgehead atoms. The highest BCUT2D eigenvalue weighted by atomic mass is 79.9. The molecule has 94 valence electrons. The Balaban J connectivity index is 2.24. The van der Waals surface area contributed by atoms with Crippen LogP contribution in [0, 0.1) is 11.6 Å². The van der Waals surface area contributed by atoms with Gasteiger partial charge >= 0.3 is 0 Å². The zero-order valence-corrected chi connectivity index (χ0v) is 11.5. The van der Waals surface area contributed by atoms with E-state index in [1.165, 1.54) is 0 Å². The van der Waals surface area contributed by atoms with E-state index in [4.69, 9.17) is 11.6 Å².